The maximum absolute atomic E-state index is 14.0. The van der Waals surface area contributed by atoms with E-state index in [1.165, 1.54) is 19.8 Å². The zero-order valence-electron chi connectivity index (χ0n) is 17.9. The lowest BCUT2D eigenvalue weighted by atomic mass is 10.1. The summed E-state index contributed by atoms with van der Waals surface area (Å²) >= 11 is 0.816. The van der Waals surface area contributed by atoms with Gasteiger partial charge in [-0.2, -0.15) is 4.37 Å². The van der Waals surface area contributed by atoms with Crippen LogP contribution in [0.2, 0.25) is 0 Å². The monoisotopic (exact) mass is 467 g/mol. The molecule has 4 N–H and O–H groups in total. The predicted octanol–water partition coefficient (Wildman–Crippen LogP) is 3.41. The van der Waals surface area contributed by atoms with Crippen LogP contribution in [0.3, 0.4) is 0 Å². The minimum absolute atomic E-state index is 0.0303. The van der Waals surface area contributed by atoms with Crippen molar-refractivity contribution in [2.75, 3.05) is 31.5 Å². The fraction of sp³-hybridized carbons (Fsp3) is 0.476. The molecule has 1 aromatic carbocycles. The molecular formula is C21H27F2N5O3S. The molecule has 0 unspecified atom stereocenters. The van der Waals surface area contributed by atoms with Crippen molar-refractivity contribution in [3.8, 4) is 5.88 Å². The third-order valence-corrected chi connectivity index (χ3v) is 5.98. The average Bonchev–Trinajstić information content (AvgIpc) is 2.95. The number of primary amides is 1. The largest absolute Gasteiger partial charge is 0.471 e. The van der Waals surface area contributed by atoms with Gasteiger partial charge in [-0.25, -0.2) is 13.6 Å². The molecule has 1 aliphatic rings. The molecule has 8 nitrogen and oxygen atoms in total. The Morgan fingerprint density at radius 1 is 1.19 bits per heavy atom. The maximum Gasteiger partial charge on any atom is 0.319 e. The Morgan fingerprint density at radius 3 is 2.59 bits per heavy atom. The van der Waals surface area contributed by atoms with Gasteiger partial charge >= 0.3 is 6.03 Å². The Bertz CT molecular complexity index is 961. The molecule has 1 fully saturated rings. The highest BCUT2D eigenvalue weighted by Gasteiger charge is 2.22. The number of halogens is 2. The summed E-state index contributed by atoms with van der Waals surface area (Å²) in [4.78, 5) is 26.5. The Balaban J connectivity index is 1.57. The van der Waals surface area contributed by atoms with Crippen LogP contribution in [0.5, 0.6) is 5.88 Å². The van der Waals surface area contributed by atoms with Gasteiger partial charge in [0.05, 0.1) is 0 Å². The molecule has 0 spiro atoms. The lowest BCUT2D eigenvalue weighted by Crippen LogP contribution is -2.37. The molecule has 32 heavy (non-hydrogen) atoms. The number of carbonyl (C=O) groups is 2. The number of nitrogens with zero attached hydrogens (tertiary/aromatic N) is 2. The predicted molar refractivity (Wildman–Crippen MR) is 118 cm³/mol. The van der Waals surface area contributed by atoms with Crippen LogP contribution in [0.4, 0.5) is 18.6 Å². The van der Waals surface area contributed by atoms with Crippen LogP contribution in [0.1, 0.15) is 47.2 Å². The SMILES string of the molecule is Cc1cc(F)c(COc2nsc(NC(=O)NCCN3CCCCCC3)c2C(N)=O)cc1F. The number of anilines is 1. The maximum atomic E-state index is 14.0. The zero-order chi connectivity index (χ0) is 23.1. The van der Waals surface area contributed by atoms with Gasteiger partial charge in [0.1, 0.15) is 28.8 Å². The standard InChI is InChI=1S/C21H27F2N5O3S/c1-13-10-16(23)14(11-15(13)22)12-31-19-17(18(24)29)20(32-27-19)26-21(30)25-6-9-28-7-4-2-3-5-8-28/h10-11H,2-9,12H2,1H3,(H2,24,29)(H2,25,26,30). The molecule has 1 aromatic heterocycles. The van der Waals surface area contributed by atoms with Crippen molar-refractivity contribution in [3.05, 3.63) is 40.5 Å². The van der Waals surface area contributed by atoms with Crippen molar-refractivity contribution in [1.82, 2.24) is 14.6 Å². The number of ether oxygens (including phenoxy) is 1. The van der Waals surface area contributed by atoms with Gasteiger partial charge in [0.25, 0.3) is 5.91 Å². The molecule has 1 saturated heterocycles. The van der Waals surface area contributed by atoms with Gasteiger partial charge in [0, 0.05) is 18.7 Å². The summed E-state index contributed by atoms with van der Waals surface area (Å²) in [6.07, 6.45) is 4.80. The van der Waals surface area contributed by atoms with Crippen molar-refractivity contribution in [2.24, 2.45) is 5.73 Å². The van der Waals surface area contributed by atoms with Crippen LogP contribution >= 0.6 is 11.5 Å². The number of nitrogens with one attached hydrogen (secondary N) is 2. The molecule has 3 rings (SSSR count). The number of rotatable bonds is 8. The Hall–Kier alpha value is -2.79. The van der Waals surface area contributed by atoms with Gasteiger partial charge < -0.3 is 20.7 Å². The third-order valence-electron chi connectivity index (χ3n) is 5.24. The summed E-state index contributed by atoms with van der Waals surface area (Å²) in [5.41, 5.74) is 5.45. The number of benzene rings is 1. The molecule has 174 valence electrons. The summed E-state index contributed by atoms with van der Waals surface area (Å²) < 4.78 is 37.1. The van der Waals surface area contributed by atoms with Crippen LogP contribution in [0.25, 0.3) is 0 Å². The van der Waals surface area contributed by atoms with Gasteiger partial charge in [-0.3, -0.25) is 10.1 Å². The number of aromatic nitrogens is 1. The first-order chi connectivity index (χ1) is 15.3. The van der Waals surface area contributed by atoms with E-state index in [9.17, 15) is 18.4 Å². The first-order valence-corrected chi connectivity index (χ1v) is 11.3. The van der Waals surface area contributed by atoms with Gasteiger partial charge in [-0.05, 0) is 62.1 Å². The summed E-state index contributed by atoms with van der Waals surface area (Å²) in [5.74, 6) is -2.22. The summed E-state index contributed by atoms with van der Waals surface area (Å²) in [5, 5.41) is 5.44. The second kappa shape index (κ2) is 11.2. The number of carbonyl (C=O) groups excluding carboxylic acids is 2. The normalized spacial score (nSPS) is 14.6. The second-order valence-electron chi connectivity index (χ2n) is 7.67. The molecule has 2 heterocycles. The smallest absolute Gasteiger partial charge is 0.319 e. The van der Waals surface area contributed by atoms with Crippen molar-refractivity contribution in [1.29, 1.82) is 0 Å². The van der Waals surface area contributed by atoms with E-state index in [2.05, 4.69) is 19.9 Å². The molecule has 2 aromatic rings. The van der Waals surface area contributed by atoms with Crippen LogP contribution in [0.15, 0.2) is 12.1 Å². The number of likely N-dealkylation sites (tertiary alicyclic amines) is 1. The zero-order valence-corrected chi connectivity index (χ0v) is 18.7. The molecule has 0 atom stereocenters. The highest BCUT2D eigenvalue weighted by molar-refractivity contribution is 7.11. The molecule has 0 saturated carbocycles. The number of nitrogens with two attached hydrogens (primary N) is 1. The number of amides is 3. The number of urea groups is 1. The highest BCUT2D eigenvalue weighted by Crippen LogP contribution is 2.31. The lowest BCUT2D eigenvalue weighted by molar-refractivity contribution is 0.0996. The highest BCUT2D eigenvalue weighted by atomic mass is 32.1. The molecule has 1 aliphatic heterocycles. The van der Waals surface area contributed by atoms with Gasteiger partial charge in [0.2, 0.25) is 5.88 Å². The Kier molecular flexibility index (Phi) is 8.34. The first-order valence-electron chi connectivity index (χ1n) is 10.5. The Labute approximate surface area is 189 Å². The van der Waals surface area contributed by atoms with E-state index in [4.69, 9.17) is 10.5 Å². The van der Waals surface area contributed by atoms with Crippen LogP contribution < -0.4 is 21.1 Å². The lowest BCUT2D eigenvalue weighted by Gasteiger charge is -2.19. The Morgan fingerprint density at radius 2 is 1.91 bits per heavy atom. The van der Waals surface area contributed by atoms with E-state index >= 15 is 0 Å². The minimum Gasteiger partial charge on any atom is -0.471 e. The van der Waals surface area contributed by atoms with Crippen LogP contribution in [0, 0.1) is 18.6 Å². The van der Waals surface area contributed by atoms with Gasteiger partial charge in [-0.15, -0.1) is 0 Å². The van der Waals surface area contributed by atoms with E-state index < -0.39 is 23.6 Å². The number of hydrogen-bond acceptors (Lipinski definition) is 6. The number of hydrogen-bond donors (Lipinski definition) is 3. The first kappa shape index (κ1) is 23.9. The second-order valence-corrected chi connectivity index (χ2v) is 8.45. The summed E-state index contributed by atoms with van der Waals surface area (Å²) in [6, 6.07) is 1.59. The molecular weight excluding hydrogens is 440 g/mol. The topological polar surface area (TPSA) is 110 Å². The van der Waals surface area contributed by atoms with Crippen LogP contribution in [-0.4, -0.2) is 47.4 Å². The molecule has 0 bridgehead atoms. The van der Waals surface area contributed by atoms with Gasteiger partial charge in [-0.1, -0.05) is 12.8 Å². The summed E-state index contributed by atoms with van der Waals surface area (Å²) in [6.45, 7) is 4.34. The van der Waals surface area contributed by atoms with E-state index in [0.717, 1.165) is 56.1 Å². The quantitative estimate of drug-likeness (QED) is 0.551. The van der Waals surface area contributed by atoms with Crippen molar-refractivity contribution >= 4 is 28.5 Å². The molecule has 3 amide bonds. The van der Waals surface area contributed by atoms with Crippen molar-refractivity contribution in [3.63, 3.8) is 0 Å². The number of aryl methyl sites for hydroxylation is 1. The molecule has 0 aliphatic carbocycles. The molecule has 11 heteroatoms. The molecule has 0 radical (unpaired) electrons. The fourth-order valence-electron chi connectivity index (χ4n) is 3.46. The summed E-state index contributed by atoms with van der Waals surface area (Å²) in [7, 11) is 0. The average molecular weight is 468 g/mol. The van der Waals surface area contributed by atoms with E-state index in [0.29, 0.717) is 6.54 Å². The minimum atomic E-state index is -0.857. The van der Waals surface area contributed by atoms with Crippen LogP contribution in [-0.2, 0) is 6.61 Å². The van der Waals surface area contributed by atoms with Crippen molar-refractivity contribution < 1.29 is 23.1 Å². The third kappa shape index (κ3) is 6.36. The van der Waals surface area contributed by atoms with E-state index in [1.54, 1.807) is 0 Å². The van der Waals surface area contributed by atoms with E-state index in [1.807, 2.05) is 0 Å². The van der Waals surface area contributed by atoms with Crippen molar-refractivity contribution in [2.45, 2.75) is 39.2 Å². The van der Waals surface area contributed by atoms with E-state index in [-0.39, 0.29) is 34.2 Å². The fourth-order valence-corrected chi connectivity index (χ4v) is 4.19. The van der Waals surface area contributed by atoms with Gasteiger partial charge in [0.15, 0.2) is 0 Å².